The average Bonchev–Trinajstić information content (AvgIpc) is 2.79. The summed E-state index contributed by atoms with van der Waals surface area (Å²) in [4.78, 5) is 2.17. The third kappa shape index (κ3) is 9.46. The highest BCUT2D eigenvalue weighted by molar-refractivity contribution is 7.99. The van der Waals surface area contributed by atoms with Crippen LogP contribution in [0.5, 0.6) is 5.75 Å². The zero-order valence-electron chi connectivity index (χ0n) is 18.5. The van der Waals surface area contributed by atoms with E-state index in [1.165, 1.54) is 0 Å². The van der Waals surface area contributed by atoms with Crippen LogP contribution in [0.3, 0.4) is 0 Å². The highest BCUT2D eigenvalue weighted by Gasteiger charge is 2.18. The van der Waals surface area contributed by atoms with Gasteiger partial charge < -0.3 is 15.9 Å². The predicted octanol–water partition coefficient (Wildman–Crippen LogP) is 6.51. The fourth-order valence-electron chi connectivity index (χ4n) is 3.23. The molecule has 3 aromatic rings. The number of hydrogen-bond acceptors (Lipinski definition) is 5. The Bertz CT molecular complexity index is 1020. The van der Waals surface area contributed by atoms with Gasteiger partial charge in [0.2, 0.25) is 0 Å². The molecule has 8 heteroatoms. The maximum Gasteiger partial charge on any atom is 0.327 e. The average molecular weight is 506 g/mol. The molecule has 0 spiro atoms. The van der Waals surface area contributed by atoms with Crippen LogP contribution >= 0.6 is 32.0 Å². The van der Waals surface area contributed by atoms with Crippen molar-refractivity contribution in [3.8, 4) is 5.75 Å². The minimum absolute atomic E-state index is 0. The van der Waals surface area contributed by atoms with Crippen molar-refractivity contribution in [2.45, 2.75) is 48.1 Å². The fraction of sp³-hybridized carbons (Fsp3) is 0.280. The Morgan fingerprint density at radius 2 is 1.79 bits per heavy atom. The van der Waals surface area contributed by atoms with E-state index in [0.29, 0.717) is 6.61 Å². The van der Waals surface area contributed by atoms with Gasteiger partial charge in [-0.05, 0) is 67.6 Å². The van der Waals surface area contributed by atoms with Crippen LogP contribution in [0.15, 0.2) is 82.6 Å². The predicted molar refractivity (Wildman–Crippen MR) is 135 cm³/mol. The third-order valence-corrected chi connectivity index (χ3v) is 6.52. The van der Waals surface area contributed by atoms with Gasteiger partial charge in [-0.2, -0.15) is 0 Å². The van der Waals surface area contributed by atoms with Crippen LogP contribution in [0, 0.1) is 0 Å². The second-order valence-electron chi connectivity index (χ2n) is 7.96. The molecule has 0 aliphatic carbocycles. The molecule has 0 fully saturated rings. The van der Waals surface area contributed by atoms with E-state index in [4.69, 9.17) is 26.6 Å². The molecule has 3 rings (SSSR count). The molecule has 0 bridgehead atoms. The van der Waals surface area contributed by atoms with Crippen LogP contribution in [0.4, 0.5) is 0 Å². The summed E-state index contributed by atoms with van der Waals surface area (Å²) >= 11 is 8.19. The summed E-state index contributed by atoms with van der Waals surface area (Å²) in [5, 5.41) is 0.750. The van der Waals surface area contributed by atoms with E-state index in [-0.39, 0.29) is 20.8 Å². The first-order valence-electron chi connectivity index (χ1n) is 10.4. The van der Waals surface area contributed by atoms with Crippen molar-refractivity contribution < 1.29 is 19.3 Å². The summed E-state index contributed by atoms with van der Waals surface area (Å²) in [7, 11) is -0.336. The van der Waals surface area contributed by atoms with Gasteiger partial charge in [-0.3, -0.25) is 4.52 Å². The Morgan fingerprint density at radius 1 is 1.03 bits per heavy atom. The largest absolute Gasteiger partial charge is 0.489 e. The topological polar surface area (TPSA) is 93.1 Å². The fourth-order valence-corrected chi connectivity index (χ4v) is 4.82. The van der Waals surface area contributed by atoms with Crippen LogP contribution in [0.25, 0.3) is 0 Å². The number of rotatable bonds is 12. The summed E-state index contributed by atoms with van der Waals surface area (Å²) in [6.07, 6.45) is 2.46. The zero-order valence-corrected chi connectivity index (χ0v) is 21.0. The molecule has 0 aliphatic heterocycles. The molecule has 0 radical (unpaired) electrons. The van der Waals surface area contributed by atoms with Crippen LogP contribution in [-0.2, 0) is 22.1 Å². The van der Waals surface area contributed by atoms with E-state index in [0.717, 1.165) is 51.0 Å². The van der Waals surface area contributed by atoms with Crippen molar-refractivity contribution in [1.82, 2.24) is 0 Å². The molecule has 5 nitrogen and oxygen atoms in total. The van der Waals surface area contributed by atoms with Crippen LogP contribution in [-0.4, -0.2) is 17.6 Å². The molecule has 0 aromatic heterocycles. The number of benzene rings is 3. The Morgan fingerprint density at radius 3 is 2.52 bits per heavy atom. The minimum atomic E-state index is -0.507. The van der Waals surface area contributed by atoms with Gasteiger partial charge in [-0.15, -0.1) is 0 Å². The lowest BCUT2D eigenvalue weighted by atomic mass is 9.95. The summed E-state index contributed by atoms with van der Waals surface area (Å²) in [5.41, 5.74) is 7.89. The van der Waals surface area contributed by atoms with Crippen molar-refractivity contribution in [2.75, 3.05) is 6.61 Å². The minimum Gasteiger partial charge on any atom is -0.489 e. The molecule has 33 heavy (non-hydrogen) atoms. The molecule has 4 N–H and O–H groups in total. The second kappa shape index (κ2) is 13.7. The molecule has 0 aliphatic rings. The Labute approximate surface area is 206 Å². The van der Waals surface area contributed by atoms with E-state index < -0.39 is 5.54 Å². The van der Waals surface area contributed by atoms with Crippen LogP contribution in [0.1, 0.15) is 30.9 Å². The summed E-state index contributed by atoms with van der Waals surface area (Å²) < 4.78 is 21.3. The van der Waals surface area contributed by atoms with Crippen molar-refractivity contribution in [3.05, 3.63) is 88.9 Å². The number of hydrogen-bond donors (Lipinski definition) is 1. The molecular weight excluding hydrogens is 477 g/mol. The first kappa shape index (κ1) is 27.3. The molecule has 0 saturated carbocycles. The Hall–Kier alpha value is -1.92. The monoisotopic (exact) mass is 505 g/mol. The summed E-state index contributed by atoms with van der Waals surface area (Å²) in [6, 6.07) is 24.4. The molecule has 1 unspecified atom stereocenters. The normalized spacial score (nSPS) is 12.7. The molecule has 176 valence electrons. The molecule has 0 heterocycles. The van der Waals surface area contributed by atoms with Gasteiger partial charge in [0, 0.05) is 20.4 Å². The van der Waals surface area contributed by atoms with Crippen molar-refractivity contribution in [1.29, 1.82) is 0 Å². The van der Waals surface area contributed by atoms with E-state index in [1.54, 1.807) is 11.8 Å². The first-order chi connectivity index (χ1) is 15.4. The maximum absolute atomic E-state index is 10.5. The van der Waals surface area contributed by atoms with E-state index in [2.05, 4.69) is 30.3 Å². The van der Waals surface area contributed by atoms with E-state index in [1.807, 2.05) is 49.4 Å². The highest BCUT2D eigenvalue weighted by atomic mass is 35.5. The maximum atomic E-state index is 10.5. The molecule has 0 saturated heterocycles. The quantitative estimate of drug-likeness (QED) is 0.283. The van der Waals surface area contributed by atoms with Gasteiger partial charge in [0.25, 0.3) is 0 Å². The van der Waals surface area contributed by atoms with Gasteiger partial charge in [-0.1, -0.05) is 65.8 Å². The first-order valence-corrected chi connectivity index (χ1v) is 12.3. The van der Waals surface area contributed by atoms with Gasteiger partial charge in [-0.25, -0.2) is 4.57 Å². The van der Waals surface area contributed by atoms with Gasteiger partial charge >= 0.3 is 8.69 Å². The lowest BCUT2D eigenvalue weighted by Crippen LogP contribution is -2.40. The SMILES string of the molecule is CC(N)(CCCc1ccc(Sc2cccc(OCc3ccccc3)c2)cc1Cl)COP=O.O. The number of ether oxygens (including phenoxy) is 1. The zero-order chi connectivity index (χ0) is 22.8. The molecule has 3 aromatic carbocycles. The third-order valence-electron chi connectivity index (χ3n) is 4.96. The smallest absolute Gasteiger partial charge is 0.327 e. The highest BCUT2D eigenvalue weighted by Crippen LogP contribution is 2.33. The van der Waals surface area contributed by atoms with Crippen LogP contribution in [0.2, 0.25) is 5.02 Å². The number of nitrogens with two attached hydrogens (primary N) is 1. The van der Waals surface area contributed by atoms with Crippen LogP contribution < -0.4 is 10.5 Å². The van der Waals surface area contributed by atoms with Crippen molar-refractivity contribution >= 4 is 32.0 Å². The Kier molecular flexibility index (Phi) is 11.3. The molecule has 1 atom stereocenters. The Balaban J connectivity index is 0.00000385. The molecule has 0 amide bonds. The van der Waals surface area contributed by atoms with Crippen molar-refractivity contribution in [2.24, 2.45) is 5.73 Å². The standard InChI is InChI=1S/C25H27ClNO3PS.H2O/c1-25(27,18-30-31-28)14-6-9-20-12-13-23(16-24(20)26)32-22-11-5-10-21(15-22)29-17-19-7-3-2-4-8-19;/h2-5,7-8,10-13,15-16H,6,9,14,17-18,27H2,1H3;1H2. The lowest BCUT2D eigenvalue weighted by molar-refractivity contribution is 0.235. The van der Waals surface area contributed by atoms with Gasteiger partial charge in [0.05, 0.1) is 6.61 Å². The summed E-state index contributed by atoms with van der Waals surface area (Å²) in [5.74, 6) is 0.840. The van der Waals surface area contributed by atoms with Crippen molar-refractivity contribution in [3.63, 3.8) is 0 Å². The molecular formula is C25H29ClNO4PS. The second-order valence-corrected chi connectivity index (χ2v) is 9.92. The van der Waals surface area contributed by atoms with Gasteiger partial charge in [0.15, 0.2) is 0 Å². The summed E-state index contributed by atoms with van der Waals surface area (Å²) in [6.45, 7) is 2.70. The number of halogens is 1. The lowest BCUT2D eigenvalue weighted by Gasteiger charge is -2.22. The van der Waals surface area contributed by atoms with Gasteiger partial charge in [0.1, 0.15) is 12.4 Å². The van der Waals surface area contributed by atoms with E-state index >= 15 is 0 Å². The number of aryl methyl sites for hydroxylation is 1. The van der Waals surface area contributed by atoms with E-state index in [9.17, 15) is 4.57 Å².